The molecule has 114 valence electrons. The smallest absolute Gasteiger partial charge is 0.0449 e. The van der Waals surface area contributed by atoms with Crippen LogP contribution in [0.4, 0.5) is 0 Å². The zero-order valence-electron chi connectivity index (χ0n) is 13.0. The minimum Gasteiger partial charge on any atom is -0.143 e. The molecule has 1 aliphatic rings. The molecule has 0 fully saturated rings. The second-order valence-electron chi connectivity index (χ2n) is 5.93. The van der Waals surface area contributed by atoms with Crippen molar-refractivity contribution in [3.05, 3.63) is 89.8 Å². The summed E-state index contributed by atoms with van der Waals surface area (Å²) in [6.07, 6.45) is 0. The van der Waals surface area contributed by atoms with Crippen LogP contribution in [0.3, 0.4) is 0 Å². The first-order chi connectivity index (χ1) is 11.8. The molecular formula is C22H14S2. The highest BCUT2D eigenvalue weighted by molar-refractivity contribution is 7.23. The first-order valence-corrected chi connectivity index (χ1v) is 9.58. The number of benzene rings is 2. The van der Waals surface area contributed by atoms with E-state index in [2.05, 4.69) is 78.7 Å². The van der Waals surface area contributed by atoms with Gasteiger partial charge in [-0.2, -0.15) is 0 Å². The Kier molecular flexibility index (Phi) is 3.09. The van der Waals surface area contributed by atoms with E-state index in [1.165, 1.54) is 42.4 Å². The lowest BCUT2D eigenvalue weighted by Gasteiger charge is -2.04. The molecule has 0 saturated heterocycles. The summed E-state index contributed by atoms with van der Waals surface area (Å²) < 4.78 is 0. The second kappa shape index (κ2) is 5.30. The van der Waals surface area contributed by atoms with Gasteiger partial charge in [-0.05, 0) is 63.0 Å². The molecule has 0 N–H and O–H groups in total. The van der Waals surface area contributed by atoms with Crippen molar-refractivity contribution >= 4 is 28.2 Å². The number of thiophene rings is 2. The predicted molar refractivity (Wildman–Crippen MR) is 107 cm³/mol. The first-order valence-electron chi connectivity index (χ1n) is 7.88. The van der Waals surface area contributed by atoms with Gasteiger partial charge in [0.1, 0.15) is 0 Å². The summed E-state index contributed by atoms with van der Waals surface area (Å²) in [5, 5.41) is 2.13. The van der Waals surface area contributed by atoms with Crippen molar-refractivity contribution in [2.24, 2.45) is 0 Å². The summed E-state index contributed by atoms with van der Waals surface area (Å²) >= 11 is 3.65. The largest absolute Gasteiger partial charge is 0.143 e. The Balaban J connectivity index is 1.60. The van der Waals surface area contributed by atoms with Crippen molar-refractivity contribution in [3.63, 3.8) is 0 Å². The molecule has 0 spiro atoms. The molecule has 1 aliphatic carbocycles. The summed E-state index contributed by atoms with van der Waals surface area (Å²) in [5.74, 6) is 0. The van der Waals surface area contributed by atoms with Gasteiger partial charge in [0.05, 0.1) is 0 Å². The molecule has 0 nitrogen and oxygen atoms in total. The minimum atomic E-state index is 1.14. The van der Waals surface area contributed by atoms with Crippen LogP contribution in [0.5, 0.6) is 0 Å². The second-order valence-corrected chi connectivity index (χ2v) is 7.96. The fraction of sp³-hybridized carbons (Fsp3) is 0. The quantitative estimate of drug-likeness (QED) is 0.318. The van der Waals surface area contributed by atoms with Crippen LogP contribution in [-0.4, -0.2) is 0 Å². The maximum absolute atomic E-state index is 4.32. The Morgan fingerprint density at radius 1 is 0.625 bits per heavy atom. The van der Waals surface area contributed by atoms with Crippen LogP contribution in [0.25, 0.3) is 36.9 Å². The molecule has 0 aliphatic heterocycles. The fourth-order valence-corrected chi connectivity index (χ4v) is 5.19. The van der Waals surface area contributed by atoms with Gasteiger partial charge < -0.3 is 0 Å². The molecule has 24 heavy (non-hydrogen) atoms. The summed E-state index contributed by atoms with van der Waals surface area (Å²) in [6.45, 7) is 4.32. The van der Waals surface area contributed by atoms with Crippen molar-refractivity contribution < 1.29 is 0 Å². The molecule has 0 saturated carbocycles. The Bertz CT molecular complexity index is 1070. The highest BCUT2D eigenvalue weighted by Gasteiger charge is 2.22. The summed E-state index contributed by atoms with van der Waals surface area (Å²) in [6, 6.07) is 24.0. The monoisotopic (exact) mass is 342 g/mol. The molecule has 0 amide bonds. The van der Waals surface area contributed by atoms with Crippen molar-refractivity contribution in [2.75, 3.05) is 0 Å². The van der Waals surface area contributed by atoms with Crippen molar-refractivity contribution in [2.45, 2.75) is 0 Å². The average molecular weight is 342 g/mol. The van der Waals surface area contributed by atoms with E-state index in [-0.39, 0.29) is 0 Å². The first kappa shape index (κ1) is 14.0. The van der Waals surface area contributed by atoms with Crippen LogP contribution in [0.1, 0.15) is 11.1 Å². The Morgan fingerprint density at radius 3 is 2.25 bits per heavy atom. The van der Waals surface area contributed by atoms with Gasteiger partial charge in [0, 0.05) is 14.6 Å². The lowest BCUT2D eigenvalue weighted by molar-refractivity contribution is 1.64. The zero-order valence-corrected chi connectivity index (χ0v) is 14.6. The van der Waals surface area contributed by atoms with Gasteiger partial charge >= 0.3 is 0 Å². The third-order valence-corrected chi connectivity index (χ3v) is 6.74. The van der Waals surface area contributed by atoms with Gasteiger partial charge in [-0.3, -0.25) is 0 Å². The molecule has 5 rings (SSSR count). The number of rotatable bonds is 2. The van der Waals surface area contributed by atoms with Gasteiger partial charge in [-0.15, -0.1) is 22.7 Å². The molecule has 2 heterocycles. The van der Waals surface area contributed by atoms with Crippen LogP contribution >= 0.6 is 22.7 Å². The normalized spacial score (nSPS) is 12.2. The van der Waals surface area contributed by atoms with Crippen LogP contribution in [0.2, 0.25) is 0 Å². The molecule has 0 unspecified atom stereocenters. The van der Waals surface area contributed by atoms with Gasteiger partial charge in [-0.25, -0.2) is 0 Å². The highest BCUT2D eigenvalue weighted by Crippen LogP contribution is 2.45. The molecule has 2 heteroatoms. The Labute approximate surface area is 149 Å². The van der Waals surface area contributed by atoms with E-state index in [1.54, 1.807) is 11.3 Å². The third kappa shape index (κ3) is 2.04. The van der Waals surface area contributed by atoms with E-state index >= 15 is 0 Å². The Hall–Kier alpha value is -2.42. The van der Waals surface area contributed by atoms with E-state index < -0.39 is 0 Å². The van der Waals surface area contributed by atoms with Crippen LogP contribution in [0.15, 0.2) is 78.7 Å². The van der Waals surface area contributed by atoms with Crippen molar-refractivity contribution in [3.8, 4) is 31.3 Å². The number of hydrogen-bond acceptors (Lipinski definition) is 2. The molecular weight excluding hydrogens is 328 g/mol. The SMILES string of the molecule is C=C1c2ccccc2-c2ccc(-c3ccc(-c4cccs4)s3)cc21. The molecule has 0 radical (unpaired) electrons. The maximum Gasteiger partial charge on any atom is 0.0449 e. The topological polar surface area (TPSA) is 0 Å². The Morgan fingerprint density at radius 2 is 1.42 bits per heavy atom. The molecule has 2 aromatic heterocycles. The predicted octanol–water partition coefficient (Wildman–Crippen LogP) is 7.19. The zero-order chi connectivity index (χ0) is 16.1. The van der Waals surface area contributed by atoms with Crippen molar-refractivity contribution in [1.29, 1.82) is 0 Å². The van der Waals surface area contributed by atoms with Crippen LogP contribution < -0.4 is 0 Å². The van der Waals surface area contributed by atoms with E-state index in [0.29, 0.717) is 0 Å². The minimum absolute atomic E-state index is 1.14. The van der Waals surface area contributed by atoms with E-state index in [4.69, 9.17) is 0 Å². The van der Waals surface area contributed by atoms with Crippen molar-refractivity contribution in [1.82, 2.24) is 0 Å². The molecule has 4 aromatic rings. The lowest BCUT2D eigenvalue weighted by Crippen LogP contribution is -1.80. The third-order valence-electron chi connectivity index (χ3n) is 4.54. The molecule has 0 atom stereocenters. The summed E-state index contributed by atoms with van der Waals surface area (Å²) in [7, 11) is 0. The number of fused-ring (bicyclic) bond motifs is 3. The van der Waals surface area contributed by atoms with E-state index in [1.807, 2.05) is 11.3 Å². The standard InChI is InChI=1S/C22H14S2/c1-14-16-5-2-3-6-17(16)18-9-8-15(13-19(14)18)20-10-11-22(24-20)21-7-4-12-23-21/h2-13H,1H2. The van der Waals surface area contributed by atoms with Gasteiger partial charge in [-0.1, -0.05) is 49.0 Å². The lowest BCUT2D eigenvalue weighted by atomic mass is 10.0. The highest BCUT2D eigenvalue weighted by atomic mass is 32.1. The molecule has 0 bridgehead atoms. The van der Waals surface area contributed by atoms with Gasteiger partial charge in [0.2, 0.25) is 0 Å². The summed E-state index contributed by atoms with van der Waals surface area (Å²) in [4.78, 5) is 3.98. The van der Waals surface area contributed by atoms with Gasteiger partial charge in [0.25, 0.3) is 0 Å². The molecule has 2 aromatic carbocycles. The van der Waals surface area contributed by atoms with E-state index in [9.17, 15) is 0 Å². The van der Waals surface area contributed by atoms with Gasteiger partial charge in [0.15, 0.2) is 0 Å². The number of hydrogen-bond donors (Lipinski definition) is 0. The van der Waals surface area contributed by atoms with Crippen LogP contribution in [-0.2, 0) is 0 Å². The van der Waals surface area contributed by atoms with Crippen LogP contribution in [0, 0.1) is 0 Å². The summed E-state index contributed by atoms with van der Waals surface area (Å²) in [5.41, 5.74) is 7.53. The van der Waals surface area contributed by atoms with E-state index in [0.717, 1.165) is 5.57 Å². The maximum atomic E-state index is 4.32. The fourth-order valence-electron chi connectivity index (χ4n) is 3.35. The average Bonchev–Trinajstić information content (AvgIpc) is 3.35.